The maximum absolute atomic E-state index is 14.4. The predicted octanol–water partition coefficient (Wildman–Crippen LogP) is 4.54. The molecular formula is C19H19F2N5O2. The van der Waals surface area contributed by atoms with Gasteiger partial charge in [0.05, 0.1) is 5.69 Å². The van der Waals surface area contributed by atoms with E-state index in [1.807, 2.05) is 20.8 Å². The fourth-order valence-electron chi connectivity index (χ4n) is 2.39. The number of pyridine rings is 1. The number of anilines is 3. The summed E-state index contributed by atoms with van der Waals surface area (Å²) in [7, 11) is 0. The van der Waals surface area contributed by atoms with Crippen LogP contribution in [0.15, 0.2) is 41.1 Å². The summed E-state index contributed by atoms with van der Waals surface area (Å²) in [5, 5.41) is 8.40. The van der Waals surface area contributed by atoms with Crippen LogP contribution in [-0.2, 0) is 5.41 Å². The molecule has 0 fully saturated rings. The molecule has 3 aromatic rings. The van der Waals surface area contributed by atoms with Crippen molar-refractivity contribution in [3.63, 3.8) is 0 Å². The van der Waals surface area contributed by atoms with Crippen molar-refractivity contribution in [1.29, 1.82) is 0 Å². The number of carbonyl (C=O) groups is 1. The largest absolute Gasteiger partial charge is 0.384 e. The number of carbonyl (C=O) groups excluding carboxylic acids is 1. The lowest BCUT2D eigenvalue weighted by Crippen LogP contribution is -2.20. The van der Waals surface area contributed by atoms with Gasteiger partial charge in [0.1, 0.15) is 23.2 Å². The number of nitrogens with one attached hydrogen (secondary N) is 2. The Morgan fingerprint density at radius 2 is 1.86 bits per heavy atom. The molecule has 0 saturated heterocycles. The second-order valence-corrected chi connectivity index (χ2v) is 7.19. The third kappa shape index (κ3) is 4.25. The number of amides is 2. The molecule has 4 N–H and O–H groups in total. The normalized spacial score (nSPS) is 11.3. The van der Waals surface area contributed by atoms with E-state index in [1.165, 1.54) is 18.3 Å². The van der Waals surface area contributed by atoms with E-state index in [0.29, 0.717) is 11.3 Å². The number of nitrogen functional groups attached to an aromatic ring is 1. The van der Waals surface area contributed by atoms with Crippen LogP contribution in [0.25, 0.3) is 11.1 Å². The summed E-state index contributed by atoms with van der Waals surface area (Å²) in [4.78, 5) is 15.9. The Hall–Kier alpha value is -3.49. The Morgan fingerprint density at radius 1 is 1.11 bits per heavy atom. The molecular weight excluding hydrogens is 368 g/mol. The molecule has 0 aliphatic rings. The lowest BCUT2D eigenvalue weighted by atomic mass is 9.93. The van der Waals surface area contributed by atoms with Gasteiger partial charge in [0.15, 0.2) is 5.82 Å². The van der Waals surface area contributed by atoms with Crippen LogP contribution in [0.4, 0.5) is 30.9 Å². The van der Waals surface area contributed by atoms with Gasteiger partial charge in [-0.2, -0.15) is 0 Å². The highest BCUT2D eigenvalue weighted by atomic mass is 19.1. The van der Waals surface area contributed by atoms with Crippen molar-refractivity contribution in [3.8, 4) is 11.1 Å². The molecule has 146 valence electrons. The number of hydrogen-bond donors (Lipinski definition) is 3. The van der Waals surface area contributed by atoms with Gasteiger partial charge in [-0.1, -0.05) is 25.9 Å². The van der Waals surface area contributed by atoms with Crippen LogP contribution >= 0.6 is 0 Å². The molecule has 1 aromatic carbocycles. The molecule has 0 radical (unpaired) electrons. The Morgan fingerprint density at radius 3 is 2.46 bits per heavy atom. The van der Waals surface area contributed by atoms with Crippen LogP contribution in [0, 0.1) is 11.6 Å². The number of aromatic nitrogens is 2. The van der Waals surface area contributed by atoms with Crippen molar-refractivity contribution in [3.05, 3.63) is 53.9 Å². The van der Waals surface area contributed by atoms with Crippen molar-refractivity contribution in [2.45, 2.75) is 26.2 Å². The number of benzene rings is 1. The molecule has 0 unspecified atom stereocenters. The minimum absolute atomic E-state index is 0.00211. The molecule has 0 bridgehead atoms. The first-order valence-corrected chi connectivity index (χ1v) is 8.39. The molecule has 0 saturated carbocycles. The molecule has 2 amide bonds. The van der Waals surface area contributed by atoms with E-state index in [9.17, 15) is 13.6 Å². The van der Waals surface area contributed by atoms with E-state index in [2.05, 4.69) is 20.8 Å². The Bertz CT molecular complexity index is 1010. The lowest BCUT2D eigenvalue weighted by molar-refractivity contribution is 0.261. The topological polar surface area (TPSA) is 106 Å². The van der Waals surface area contributed by atoms with Crippen LogP contribution in [0.5, 0.6) is 0 Å². The fourth-order valence-corrected chi connectivity index (χ4v) is 2.39. The van der Waals surface area contributed by atoms with E-state index in [0.717, 1.165) is 12.1 Å². The third-order valence-corrected chi connectivity index (χ3v) is 3.89. The first kappa shape index (κ1) is 19.3. The van der Waals surface area contributed by atoms with Gasteiger partial charge in [0.25, 0.3) is 0 Å². The number of nitrogens with zero attached hydrogens (tertiary/aromatic N) is 2. The third-order valence-electron chi connectivity index (χ3n) is 3.89. The molecule has 2 heterocycles. The number of halogens is 2. The van der Waals surface area contributed by atoms with Crippen molar-refractivity contribution in [2.75, 3.05) is 16.4 Å². The summed E-state index contributed by atoms with van der Waals surface area (Å²) in [6.07, 6.45) is 1.34. The second-order valence-electron chi connectivity index (χ2n) is 7.19. The summed E-state index contributed by atoms with van der Waals surface area (Å²) in [6.45, 7) is 5.77. The quantitative estimate of drug-likeness (QED) is 0.612. The summed E-state index contributed by atoms with van der Waals surface area (Å²) >= 11 is 0. The first-order chi connectivity index (χ1) is 13.1. The van der Waals surface area contributed by atoms with E-state index in [4.69, 9.17) is 10.3 Å². The molecule has 28 heavy (non-hydrogen) atoms. The van der Waals surface area contributed by atoms with Crippen molar-refractivity contribution in [1.82, 2.24) is 10.1 Å². The molecule has 0 spiro atoms. The van der Waals surface area contributed by atoms with Gasteiger partial charge in [0, 0.05) is 34.9 Å². The lowest BCUT2D eigenvalue weighted by Gasteiger charge is -2.12. The van der Waals surface area contributed by atoms with Gasteiger partial charge < -0.3 is 15.6 Å². The molecule has 2 aromatic heterocycles. The number of rotatable bonds is 3. The van der Waals surface area contributed by atoms with Gasteiger partial charge in [-0.05, 0) is 18.2 Å². The van der Waals surface area contributed by atoms with E-state index in [1.54, 1.807) is 6.07 Å². The number of urea groups is 1. The van der Waals surface area contributed by atoms with Gasteiger partial charge in [-0.15, -0.1) is 0 Å². The predicted molar refractivity (Wildman–Crippen MR) is 102 cm³/mol. The summed E-state index contributed by atoms with van der Waals surface area (Å²) in [5.41, 5.74) is 5.25. The maximum atomic E-state index is 14.4. The zero-order valence-corrected chi connectivity index (χ0v) is 15.5. The van der Waals surface area contributed by atoms with Gasteiger partial charge in [-0.3, -0.25) is 5.32 Å². The Labute approximate surface area is 159 Å². The van der Waals surface area contributed by atoms with Crippen LogP contribution in [-0.4, -0.2) is 16.2 Å². The molecule has 3 rings (SSSR count). The molecule has 9 heteroatoms. The zero-order valence-electron chi connectivity index (χ0n) is 15.5. The minimum atomic E-state index is -0.807. The Kier molecular flexibility index (Phi) is 5.00. The molecule has 0 aliphatic heterocycles. The monoisotopic (exact) mass is 387 g/mol. The fraction of sp³-hybridized carbons (Fsp3) is 0.211. The van der Waals surface area contributed by atoms with Crippen LogP contribution in [0.2, 0.25) is 0 Å². The van der Waals surface area contributed by atoms with Crippen LogP contribution in [0.3, 0.4) is 0 Å². The van der Waals surface area contributed by atoms with Gasteiger partial charge in [-0.25, -0.2) is 18.6 Å². The van der Waals surface area contributed by atoms with Gasteiger partial charge >= 0.3 is 6.03 Å². The van der Waals surface area contributed by atoms with E-state index >= 15 is 0 Å². The van der Waals surface area contributed by atoms with E-state index < -0.39 is 17.7 Å². The highest BCUT2D eigenvalue weighted by Crippen LogP contribution is 2.28. The standard InChI is InChI=1S/C19H19F2N5O2/c1-19(2,3)15-8-17(26-28-15)25-18(27)24-14-7-12(20)11(6-13(14)21)10-4-5-16(22)23-9-10/h4-9H,1-3H3,(H2,22,23)(H2,24,25,26,27). The summed E-state index contributed by atoms with van der Waals surface area (Å²) in [6, 6.07) is 5.66. The summed E-state index contributed by atoms with van der Waals surface area (Å²) < 4.78 is 33.9. The second kappa shape index (κ2) is 7.26. The average molecular weight is 387 g/mol. The molecule has 0 atom stereocenters. The minimum Gasteiger partial charge on any atom is -0.384 e. The van der Waals surface area contributed by atoms with Crippen LogP contribution in [0.1, 0.15) is 26.5 Å². The van der Waals surface area contributed by atoms with E-state index in [-0.39, 0.29) is 28.3 Å². The Balaban J connectivity index is 1.75. The highest BCUT2D eigenvalue weighted by molar-refractivity contribution is 5.99. The first-order valence-electron chi connectivity index (χ1n) is 8.39. The van der Waals surface area contributed by atoms with Gasteiger partial charge in [0.2, 0.25) is 0 Å². The highest BCUT2D eigenvalue weighted by Gasteiger charge is 2.21. The molecule has 7 nitrogen and oxygen atoms in total. The zero-order chi connectivity index (χ0) is 20.5. The van der Waals surface area contributed by atoms with Crippen molar-refractivity contribution in [2.24, 2.45) is 0 Å². The van der Waals surface area contributed by atoms with Crippen molar-refractivity contribution < 1.29 is 18.1 Å². The summed E-state index contributed by atoms with van der Waals surface area (Å²) in [5.74, 6) is -0.532. The number of hydrogen-bond acceptors (Lipinski definition) is 5. The number of nitrogens with two attached hydrogens (primary N) is 1. The SMILES string of the molecule is CC(C)(C)c1cc(NC(=O)Nc2cc(F)c(-c3ccc(N)nc3)cc2F)no1. The maximum Gasteiger partial charge on any atom is 0.325 e. The smallest absolute Gasteiger partial charge is 0.325 e. The van der Waals surface area contributed by atoms with Crippen molar-refractivity contribution >= 4 is 23.4 Å². The average Bonchev–Trinajstić information content (AvgIpc) is 3.07. The molecule has 0 aliphatic carbocycles. The van der Waals surface area contributed by atoms with Crippen LogP contribution < -0.4 is 16.4 Å².